The normalized spacial score (nSPS) is 22.8. The number of aromatic nitrogens is 1. The second kappa shape index (κ2) is 8.69. The number of hydrogen-bond donors (Lipinski definition) is 0. The van der Waals surface area contributed by atoms with Crippen molar-refractivity contribution in [3.05, 3.63) is 47.3 Å². The average Bonchev–Trinajstić information content (AvgIpc) is 3.05. The highest BCUT2D eigenvalue weighted by Crippen LogP contribution is 2.40. The summed E-state index contributed by atoms with van der Waals surface area (Å²) in [6, 6.07) is 9.46. The van der Waals surface area contributed by atoms with Gasteiger partial charge in [0.05, 0.1) is 13.0 Å². The van der Waals surface area contributed by atoms with E-state index >= 15 is 0 Å². The Hall–Kier alpha value is -2.89. The van der Waals surface area contributed by atoms with Gasteiger partial charge in [0.25, 0.3) is 0 Å². The average molecular weight is 424 g/mol. The molecule has 0 spiro atoms. The van der Waals surface area contributed by atoms with Crippen LogP contribution < -0.4 is 4.74 Å². The van der Waals surface area contributed by atoms with Crippen molar-refractivity contribution in [2.45, 2.75) is 46.0 Å². The molecule has 1 aromatic heterocycles. The van der Waals surface area contributed by atoms with Crippen molar-refractivity contribution in [1.29, 1.82) is 0 Å². The lowest BCUT2D eigenvalue weighted by Gasteiger charge is -2.36. The molecule has 0 aliphatic heterocycles. The summed E-state index contributed by atoms with van der Waals surface area (Å²) in [5.41, 5.74) is 3.22. The van der Waals surface area contributed by atoms with Crippen LogP contribution in [0.15, 0.2) is 30.3 Å². The molecule has 4 rings (SSSR count). The predicted octanol–water partition coefficient (Wildman–Crippen LogP) is 4.22. The Morgan fingerprint density at radius 3 is 2.32 bits per heavy atom. The first-order valence-corrected chi connectivity index (χ1v) is 11.0. The van der Waals surface area contributed by atoms with E-state index in [0.717, 1.165) is 42.1 Å². The van der Waals surface area contributed by atoms with Gasteiger partial charge in [-0.3, -0.25) is 14.4 Å². The number of benzene rings is 1. The summed E-state index contributed by atoms with van der Waals surface area (Å²) < 4.78 is 12.6. The fourth-order valence-electron chi connectivity index (χ4n) is 5.18. The van der Waals surface area contributed by atoms with Gasteiger partial charge in [-0.1, -0.05) is 6.42 Å². The zero-order valence-electron chi connectivity index (χ0n) is 18.3. The molecular formula is C25H29NO5. The van der Waals surface area contributed by atoms with Gasteiger partial charge in [-0.05, 0) is 69.9 Å². The van der Waals surface area contributed by atoms with Crippen molar-refractivity contribution in [3.63, 3.8) is 0 Å². The molecule has 0 amide bonds. The van der Waals surface area contributed by atoms with Crippen molar-refractivity contribution in [2.75, 3.05) is 13.7 Å². The molecule has 0 saturated heterocycles. The highest BCUT2D eigenvalue weighted by molar-refractivity contribution is 5.99. The summed E-state index contributed by atoms with van der Waals surface area (Å²) in [6.45, 7) is 3.56. The number of carbonyl (C=O) groups is 3. The summed E-state index contributed by atoms with van der Waals surface area (Å²) in [5, 5.41) is 0. The topological polar surface area (TPSA) is 74.6 Å². The quantitative estimate of drug-likeness (QED) is 0.514. The maximum Gasteiger partial charge on any atom is 0.309 e. The van der Waals surface area contributed by atoms with E-state index in [1.165, 1.54) is 0 Å². The Bertz CT molecular complexity index is 988. The van der Waals surface area contributed by atoms with Crippen LogP contribution in [0.25, 0.3) is 5.69 Å². The summed E-state index contributed by atoms with van der Waals surface area (Å²) in [7, 11) is 1.62. The van der Waals surface area contributed by atoms with Crippen LogP contribution in [0, 0.1) is 31.6 Å². The second-order valence-electron chi connectivity index (χ2n) is 8.74. The van der Waals surface area contributed by atoms with Gasteiger partial charge in [0.15, 0.2) is 6.61 Å². The number of esters is 1. The third kappa shape index (κ3) is 4.16. The molecule has 2 bridgehead atoms. The Balaban J connectivity index is 1.42. The predicted molar refractivity (Wildman–Crippen MR) is 116 cm³/mol. The smallest absolute Gasteiger partial charge is 0.309 e. The van der Waals surface area contributed by atoms with Crippen LogP contribution in [0.3, 0.4) is 0 Å². The maximum atomic E-state index is 12.8. The minimum atomic E-state index is -0.346. The zero-order chi connectivity index (χ0) is 22.1. The zero-order valence-corrected chi connectivity index (χ0v) is 18.3. The van der Waals surface area contributed by atoms with Gasteiger partial charge in [0.2, 0.25) is 5.78 Å². The molecule has 6 nitrogen and oxygen atoms in total. The lowest BCUT2D eigenvalue weighted by molar-refractivity contribution is -0.152. The first-order chi connectivity index (χ1) is 14.9. The van der Waals surface area contributed by atoms with Crippen LogP contribution in [-0.2, 0) is 14.3 Å². The van der Waals surface area contributed by atoms with E-state index < -0.39 is 0 Å². The van der Waals surface area contributed by atoms with Gasteiger partial charge in [-0.25, -0.2) is 0 Å². The molecule has 1 heterocycles. The van der Waals surface area contributed by atoms with E-state index in [1.54, 1.807) is 7.11 Å². The van der Waals surface area contributed by atoms with Crippen molar-refractivity contribution in [3.8, 4) is 11.4 Å². The molecule has 2 aliphatic carbocycles. The first kappa shape index (κ1) is 21.3. The van der Waals surface area contributed by atoms with Crippen LogP contribution in [0.4, 0.5) is 0 Å². The standard InChI is InChI=1S/C25H29NO5/c1-15-11-22(16(2)26(15)20-7-9-21(30-3)10-8-20)23(27)14-31-25(29)19-12-17-5-4-6-18(13-19)24(17)28/h7-11,17-19H,4-6,12-14H2,1-3H3/t17-,18-/m0/s1. The number of hydrogen-bond acceptors (Lipinski definition) is 5. The molecule has 2 aliphatic rings. The monoisotopic (exact) mass is 423 g/mol. The molecule has 2 saturated carbocycles. The fraction of sp³-hybridized carbons (Fsp3) is 0.480. The van der Waals surface area contributed by atoms with E-state index in [0.29, 0.717) is 24.2 Å². The summed E-state index contributed by atoms with van der Waals surface area (Å²) in [5.74, 6) is 0.233. The van der Waals surface area contributed by atoms with E-state index in [2.05, 4.69) is 0 Å². The maximum absolute atomic E-state index is 12.8. The third-order valence-corrected chi connectivity index (χ3v) is 6.79. The number of Topliss-reactive ketones (excluding diaryl/α,β-unsaturated/α-hetero) is 2. The molecule has 31 heavy (non-hydrogen) atoms. The molecule has 164 valence electrons. The molecule has 6 heteroatoms. The number of ether oxygens (including phenoxy) is 2. The van der Waals surface area contributed by atoms with Crippen molar-refractivity contribution in [2.24, 2.45) is 17.8 Å². The Morgan fingerprint density at radius 2 is 1.71 bits per heavy atom. The van der Waals surface area contributed by atoms with E-state index in [-0.39, 0.29) is 36.1 Å². The highest BCUT2D eigenvalue weighted by Gasteiger charge is 2.41. The molecule has 0 N–H and O–H groups in total. The summed E-state index contributed by atoms with van der Waals surface area (Å²) >= 11 is 0. The lowest BCUT2D eigenvalue weighted by Crippen LogP contribution is -2.39. The fourth-order valence-corrected chi connectivity index (χ4v) is 5.18. The summed E-state index contributed by atoms with van der Waals surface area (Å²) in [6.07, 6.45) is 3.93. The number of rotatable bonds is 6. The van der Waals surface area contributed by atoms with Gasteiger partial charge in [-0.2, -0.15) is 0 Å². The van der Waals surface area contributed by atoms with Crippen LogP contribution in [0.1, 0.15) is 53.8 Å². The minimum absolute atomic E-state index is 0.0100. The number of fused-ring (bicyclic) bond motifs is 2. The number of aryl methyl sites for hydroxylation is 1. The first-order valence-electron chi connectivity index (χ1n) is 11.0. The SMILES string of the molecule is COc1ccc(-n2c(C)cc(C(=O)COC(=O)C3C[C@@H]4CCC[C@@H](C3)C4=O)c2C)cc1. The van der Waals surface area contributed by atoms with Gasteiger partial charge >= 0.3 is 5.97 Å². The van der Waals surface area contributed by atoms with Gasteiger partial charge in [-0.15, -0.1) is 0 Å². The number of methoxy groups -OCH3 is 1. The van der Waals surface area contributed by atoms with E-state index in [1.807, 2.05) is 48.7 Å². The third-order valence-electron chi connectivity index (χ3n) is 6.79. The molecule has 2 atom stereocenters. The van der Waals surface area contributed by atoms with Crippen LogP contribution in [0.5, 0.6) is 5.75 Å². The molecule has 1 aromatic carbocycles. The minimum Gasteiger partial charge on any atom is -0.497 e. The molecule has 2 aromatic rings. The highest BCUT2D eigenvalue weighted by atomic mass is 16.5. The molecule has 2 fully saturated rings. The Kier molecular flexibility index (Phi) is 5.99. The van der Waals surface area contributed by atoms with Gasteiger partial charge in [0.1, 0.15) is 11.5 Å². The van der Waals surface area contributed by atoms with Crippen LogP contribution in [-0.4, -0.2) is 35.8 Å². The van der Waals surface area contributed by atoms with Crippen molar-refractivity contribution < 1.29 is 23.9 Å². The van der Waals surface area contributed by atoms with Crippen LogP contribution in [0.2, 0.25) is 0 Å². The Morgan fingerprint density at radius 1 is 1.06 bits per heavy atom. The van der Waals surface area contributed by atoms with Gasteiger partial charge in [0, 0.05) is 34.5 Å². The largest absolute Gasteiger partial charge is 0.497 e. The van der Waals surface area contributed by atoms with Crippen molar-refractivity contribution in [1.82, 2.24) is 4.57 Å². The van der Waals surface area contributed by atoms with E-state index in [9.17, 15) is 14.4 Å². The Labute approximate surface area is 182 Å². The second-order valence-corrected chi connectivity index (χ2v) is 8.74. The number of nitrogens with zero attached hydrogens (tertiary/aromatic N) is 1. The van der Waals surface area contributed by atoms with E-state index in [4.69, 9.17) is 9.47 Å². The molecular weight excluding hydrogens is 394 g/mol. The molecule has 0 unspecified atom stereocenters. The summed E-state index contributed by atoms with van der Waals surface area (Å²) in [4.78, 5) is 37.7. The van der Waals surface area contributed by atoms with Crippen molar-refractivity contribution >= 4 is 17.5 Å². The van der Waals surface area contributed by atoms with Crippen LogP contribution >= 0.6 is 0 Å². The van der Waals surface area contributed by atoms with Gasteiger partial charge < -0.3 is 14.0 Å². The number of ketones is 2. The number of carbonyl (C=O) groups excluding carboxylic acids is 3. The molecule has 0 radical (unpaired) electrons. The lowest BCUT2D eigenvalue weighted by atomic mass is 9.67.